The van der Waals surface area contributed by atoms with Crippen molar-refractivity contribution in [1.82, 2.24) is 10.6 Å². The minimum Gasteiger partial charge on any atom is -0.355 e. The van der Waals surface area contributed by atoms with Crippen molar-refractivity contribution in [2.45, 2.75) is 0 Å². The molecule has 5 nitrogen and oxygen atoms in total. The van der Waals surface area contributed by atoms with Gasteiger partial charge in [0.15, 0.2) is 5.11 Å². The van der Waals surface area contributed by atoms with Crippen molar-refractivity contribution in [2.24, 2.45) is 0 Å². The van der Waals surface area contributed by atoms with Gasteiger partial charge in [-0.05, 0) is 60.7 Å². The second-order valence-electron chi connectivity index (χ2n) is 4.57. The molecule has 0 radical (unpaired) electrons. The third kappa shape index (κ3) is 4.77. The Hall–Kier alpha value is -2.44. The molecule has 0 fully saturated rings. The number of carbonyl (C=O) groups excluding carboxylic acids is 2. The van der Waals surface area contributed by atoms with Crippen LogP contribution in [0.5, 0.6) is 0 Å². The van der Waals surface area contributed by atoms with E-state index in [1.165, 1.54) is 0 Å². The lowest BCUT2D eigenvalue weighted by Crippen LogP contribution is -2.34. The van der Waals surface area contributed by atoms with Gasteiger partial charge < -0.3 is 10.6 Å². The van der Waals surface area contributed by atoms with Crippen molar-refractivity contribution < 1.29 is 9.59 Å². The maximum Gasteiger partial charge on any atom is 0.257 e. The zero-order valence-corrected chi connectivity index (χ0v) is 13.8. The Bertz CT molecular complexity index is 730. The molecule has 0 spiro atoms. The quantitative estimate of drug-likeness (QED) is 0.747. The number of amides is 2. The highest BCUT2D eigenvalue weighted by atomic mass is 35.5. The molecule has 0 atom stereocenters. The van der Waals surface area contributed by atoms with E-state index in [0.717, 1.165) is 0 Å². The summed E-state index contributed by atoms with van der Waals surface area (Å²) in [5.41, 5.74) is 1.65. The molecule has 0 aliphatic heterocycles. The molecular weight excluding hydrogens is 334 g/mol. The van der Waals surface area contributed by atoms with Gasteiger partial charge in [0, 0.05) is 28.9 Å². The predicted molar refractivity (Wildman–Crippen MR) is 95.0 cm³/mol. The van der Waals surface area contributed by atoms with E-state index < -0.39 is 0 Å². The number of thiocarbonyl (C=S) groups is 1. The number of benzene rings is 2. The standard InChI is InChI=1S/C16H14ClN3O2S/c1-18-14(21)10-4-8-13(9-5-10)19-16(23)20-15(22)11-2-6-12(17)7-3-11/h2-9H,1H3,(H,18,21)(H2,19,20,22,23). The monoisotopic (exact) mass is 347 g/mol. The summed E-state index contributed by atoms with van der Waals surface area (Å²) in [4.78, 5) is 23.5. The molecule has 118 valence electrons. The highest BCUT2D eigenvalue weighted by Gasteiger charge is 2.08. The molecule has 2 amide bonds. The van der Waals surface area contributed by atoms with Crippen molar-refractivity contribution in [3.8, 4) is 0 Å². The van der Waals surface area contributed by atoms with Gasteiger partial charge in [-0.2, -0.15) is 0 Å². The van der Waals surface area contributed by atoms with Crippen LogP contribution in [0, 0.1) is 0 Å². The zero-order chi connectivity index (χ0) is 16.8. The van der Waals surface area contributed by atoms with Crippen LogP contribution in [-0.2, 0) is 0 Å². The van der Waals surface area contributed by atoms with E-state index in [-0.39, 0.29) is 16.9 Å². The fraction of sp³-hybridized carbons (Fsp3) is 0.0625. The van der Waals surface area contributed by atoms with Gasteiger partial charge >= 0.3 is 0 Å². The van der Waals surface area contributed by atoms with Crippen molar-refractivity contribution in [3.63, 3.8) is 0 Å². The number of nitrogens with one attached hydrogen (secondary N) is 3. The Labute approximate surface area is 144 Å². The summed E-state index contributed by atoms with van der Waals surface area (Å²) >= 11 is 10.9. The van der Waals surface area contributed by atoms with E-state index in [4.69, 9.17) is 23.8 Å². The summed E-state index contributed by atoms with van der Waals surface area (Å²) < 4.78 is 0. The van der Waals surface area contributed by atoms with Crippen LogP contribution in [0.15, 0.2) is 48.5 Å². The average molecular weight is 348 g/mol. The highest BCUT2D eigenvalue weighted by Crippen LogP contribution is 2.11. The smallest absolute Gasteiger partial charge is 0.257 e. The van der Waals surface area contributed by atoms with Crippen molar-refractivity contribution in [3.05, 3.63) is 64.7 Å². The number of rotatable bonds is 3. The molecule has 2 rings (SSSR count). The van der Waals surface area contributed by atoms with Gasteiger partial charge in [0.25, 0.3) is 11.8 Å². The lowest BCUT2D eigenvalue weighted by Gasteiger charge is -2.10. The van der Waals surface area contributed by atoms with Gasteiger partial charge in [0.2, 0.25) is 0 Å². The Morgan fingerprint density at radius 2 is 1.43 bits per heavy atom. The van der Waals surface area contributed by atoms with Gasteiger partial charge in [-0.25, -0.2) is 0 Å². The molecule has 0 aliphatic carbocycles. The molecule has 2 aromatic rings. The van der Waals surface area contributed by atoms with E-state index in [1.807, 2.05) is 0 Å². The van der Waals surface area contributed by atoms with Crippen LogP contribution in [0.4, 0.5) is 5.69 Å². The summed E-state index contributed by atoms with van der Waals surface area (Å²) in [6, 6.07) is 13.2. The zero-order valence-electron chi connectivity index (χ0n) is 12.2. The molecule has 0 unspecified atom stereocenters. The second kappa shape index (κ2) is 7.71. The first kappa shape index (κ1) is 16.9. The maximum atomic E-state index is 12.0. The number of hydrogen-bond donors (Lipinski definition) is 3. The Morgan fingerprint density at radius 1 is 0.913 bits per heavy atom. The van der Waals surface area contributed by atoms with E-state index in [9.17, 15) is 9.59 Å². The third-order valence-corrected chi connectivity index (χ3v) is 3.42. The Kier molecular flexibility index (Phi) is 5.67. The molecule has 0 saturated heterocycles. The molecule has 2 aromatic carbocycles. The topological polar surface area (TPSA) is 70.2 Å². The number of carbonyl (C=O) groups is 2. The van der Waals surface area contributed by atoms with Crippen LogP contribution in [0.3, 0.4) is 0 Å². The van der Waals surface area contributed by atoms with Crippen LogP contribution in [-0.4, -0.2) is 24.0 Å². The minimum atomic E-state index is -0.332. The molecule has 0 heterocycles. The van der Waals surface area contributed by atoms with Crippen LogP contribution >= 0.6 is 23.8 Å². The molecule has 3 N–H and O–H groups in total. The second-order valence-corrected chi connectivity index (χ2v) is 5.42. The Morgan fingerprint density at radius 3 is 2.00 bits per heavy atom. The molecule has 23 heavy (non-hydrogen) atoms. The number of hydrogen-bond acceptors (Lipinski definition) is 3. The van der Waals surface area contributed by atoms with Gasteiger partial charge in [-0.1, -0.05) is 11.6 Å². The average Bonchev–Trinajstić information content (AvgIpc) is 2.55. The number of halogens is 1. The predicted octanol–water partition coefficient (Wildman–Crippen LogP) is 2.83. The van der Waals surface area contributed by atoms with Crippen LogP contribution in [0.1, 0.15) is 20.7 Å². The summed E-state index contributed by atoms with van der Waals surface area (Å²) in [7, 11) is 1.57. The van der Waals surface area contributed by atoms with Crippen molar-refractivity contribution in [1.29, 1.82) is 0 Å². The lowest BCUT2D eigenvalue weighted by molar-refractivity contribution is 0.0959. The van der Waals surface area contributed by atoms with Crippen LogP contribution in [0.2, 0.25) is 5.02 Å². The Balaban J connectivity index is 1.95. The maximum absolute atomic E-state index is 12.0. The SMILES string of the molecule is CNC(=O)c1ccc(NC(=S)NC(=O)c2ccc(Cl)cc2)cc1. The normalized spacial score (nSPS) is 9.83. The van der Waals surface area contributed by atoms with Gasteiger partial charge in [0.05, 0.1) is 0 Å². The van der Waals surface area contributed by atoms with E-state index in [1.54, 1.807) is 55.6 Å². The third-order valence-electron chi connectivity index (χ3n) is 2.97. The van der Waals surface area contributed by atoms with Crippen molar-refractivity contribution >= 4 is 46.4 Å². The lowest BCUT2D eigenvalue weighted by atomic mass is 10.2. The fourth-order valence-corrected chi connectivity index (χ4v) is 2.12. The number of anilines is 1. The van der Waals surface area contributed by atoms with Crippen LogP contribution in [0.25, 0.3) is 0 Å². The first-order valence-electron chi connectivity index (χ1n) is 6.69. The van der Waals surface area contributed by atoms with Gasteiger partial charge in [-0.15, -0.1) is 0 Å². The van der Waals surface area contributed by atoms with Gasteiger partial charge in [-0.3, -0.25) is 14.9 Å². The fourth-order valence-electron chi connectivity index (χ4n) is 1.79. The molecule has 0 aliphatic rings. The van der Waals surface area contributed by atoms with Crippen molar-refractivity contribution in [2.75, 3.05) is 12.4 Å². The molecule has 7 heteroatoms. The largest absolute Gasteiger partial charge is 0.355 e. The van der Waals surface area contributed by atoms with E-state index in [2.05, 4.69) is 16.0 Å². The summed E-state index contributed by atoms with van der Waals surface area (Å²) in [5.74, 6) is -0.503. The molecule has 0 aromatic heterocycles. The highest BCUT2D eigenvalue weighted by molar-refractivity contribution is 7.80. The minimum absolute atomic E-state index is 0.164. The van der Waals surface area contributed by atoms with E-state index >= 15 is 0 Å². The van der Waals surface area contributed by atoms with Crippen LogP contribution < -0.4 is 16.0 Å². The van der Waals surface area contributed by atoms with E-state index in [0.29, 0.717) is 21.8 Å². The molecular formula is C16H14ClN3O2S. The summed E-state index contributed by atoms with van der Waals surface area (Å²) in [6.07, 6.45) is 0. The first-order valence-corrected chi connectivity index (χ1v) is 7.48. The molecule has 0 saturated carbocycles. The van der Waals surface area contributed by atoms with Gasteiger partial charge in [0.1, 0.15) is 0 Å². The summed E-state index contributed by atoms with van der Waals surface area (Å²) in [5, 5.41) is 8.71. The summed E-state index contributed by atoms with van der Waals surface area (Å²) in [6.45, 7) is 0. The first-order chi connectivity index (χ1) is 11.0. The molecule has 0 bridgehead atoms.